The van der Waals surface area contributed by atoms with Gasteiger partial charge in [0.05, 0.1) is 0 Å². The number of allylic oxidation sites excluding steroid dienone is 1. The van der Waals surface area contributed by atoms with Crippen LogP contribution in [-0.4, -0.2) is 30.4 Å². The average molecular weight is 295 g/mol. The monoisotopic (exact) mass is 295 g/mol. The molecule has 108 valence electrons. The second-order valence-corrected chi connectivity index (χ2v) is 5.80. The van der Waals surface area contributed by atoms with Crippen molar-refractivity contribution in [3.63, 3.8) is 0 Å². The molecular formula is C19H21NS. The van der Waals surface area contributed by atoms with Gasteiger partial charge in [0.2, 0.25) is 0 Å². The van der Waals surface area contributed by atoms with Crippen molar-refractivity contribution in [1.82, 2.24) is 4.90 Å². The molecule has 0 amide bonds. The van der Waals surface area contributed by atoms with E-state index in [-0.39, 0.29) is 0 Å². The van der Waals surface area contributed by atoms with Crippen molar-refractivity contribution >= 4 is 23.2 Å². The lowest BCUT2D eigenvalue weighted by Crippen LogP contribution is -2.14. The van der Waals surface area contributed by atoms with Gasteiger partial charge in [-0.1, -0.05) is 72.9 Å². The van der Waals surface area contributed by atoms with Gasteiger partial charge in [0.25, 0.3) is 0 Å². The Kier molecular flexibility index (Phi) is 5.85. The first-order valence-electron chi connectivity index (χ1n) is 7.16. The molecular weight excluding hydrogens is 274 g/mol. The fourth-order valence-corrected chi connectivity index (χ4v) is 2.22. The fourth-order valence-electron chi connectivity index (χ4n) is 2.02. The van der Waals surface area contributed by atoms with E-state index in [1.165, 1.54) is 11.1 Å². The molecule has 0 fully saturated rings. The molecule has 0 aliphatic heterocycles. The van der Waals surface area contributed by atoms with Gasteiger partial charge < -0.3 is 4.90 Å². The van der Waals surface area contributed by atoms with Crippen LogP contribution in [0.15, 0.2) is 60.7 Å². The van der Waals surface area contributed by atoms with Crippen LogP contribution in [0.5, 0.6) is 0 Å². The second kappa shape index (κ2) is 7.87. The highest BCUT2D eigenvalue weighted by atomic mass is 32.1. The van der Waals surface area contributed by atoms with Crippen molar-refractivity contribution in [2.75, 3.05) is 20.6 Å². The van der Waals surface area contributed by atoms with E-state index in [4.69, 9.17) is 12.2 Å². The Labute approximate surface area is 132 Å². The summed E-state index contributed by atoms with van der Waals surface area (Å²) in [5, 5.41) is 0. The van der Waals surface area contributed by atoms with E-state index in [0.717, 1.165) is 23.4 Å². The molecule has 0 aromatic heterocycles. The van der Waals surface area contributed by atoms with Crippen LogP contribution in [-0.2, 0) is 6.42 Å². The molecule has 0 spiro atoms. The third-order valence-corrected chi connectivity index (χ3v) is 3.68. The fraction of sp³-hybridized carbons (Fsp3) is 0.211. The SMILES string of the molecule is CN(C)CCc1ccc(C=CC(=S)c2ccccc2)cc1. The molecule has 0 bridgehead atoms. The molecule has 1 nitrogen and oxygen atoms in total. The Balaban J connectivity index is 1.97. The van der Waals surface area contributed by atoms with E-state index < -0.39 is 0 Å². The van der Waals surface area contributed by atoms with Gasteiger partial charge in [-0.15, -0.1) is 0 Å². The molecule has 2 rings (SSSR count). The molecule has 2 aromatic carbocycles. The Morgan fingerprint density at radius 1 is 1.00 bits per heavy atom. The van der Waals surface area contributed by atoms with Crippen LogP contribution < -0.4 is 0 Å². The van der Waals surface area contributed by atoms with E-state index in [2.05, 4.69) is 49.3 Å². The zero-order valence-electron chi connectivity index (χ0n) is 12.6. The van der Waals surface area contributed by atoms with Crippen LogP contribution in [0.25, 0.3) is 6.08 Å². The van der Waals surface area contributed by atoms with Crippen LogP contribution in [0.2, 0.25) is 0 Å². The minimum absolute atomic E-state index is 0.868. The van der Waals surface area contributed by atoms with Gasteiger partial charge in [-0.2, -0.15) is 0 Å². The molecule has 21 heavy (non-hydrogen) atoms. The highest BCUT2D eigenvalue weighted by molar-refractivity contribution is 7.81. The van der Waals surface area contributed by atoms with Gasteiger partial charge in [-0.05, 0) is 43.3 Å². The Hall–Kier alpha value is -1.77. The van der Waals surface area contributed by atoms with Crippen molar-refractivity contribution < 1.29 is 0 Å². The summed E-state index contributed by atoms with van der Waals surface area (Å²) in [4.78, 5) is 3.07. The summed E-state index contributed by atoms with van der Waals surface area (Å²) in [6.45, 7) is 1.08. The van der Waals surface area contributed by atoms with E-state index in [9.17, 15) is 0 Å². The third-order valence-electron chi connectivity index (χ3n) is 3.31. The molecule has 2 heteroatoms. The maximum absolute atomic E-state index is 5.42. The number of nitrogens with zero attached hydrogens (tertiary/aromatic N) is 1. The Bertz CT molecular complexity index is 597. The lowest BCUT2D eigenvalue weighted by atomic mass is 10.1. The normalized spacial score (nSPS) is 11.2. The zero-order chi connectivity index (χ0) is 15.1. The molecule has 0 radical (unpaired) electrons. The molecule has 0 aliphatic carbocycles. The Morgan fingerprint density at radius 2 is 1.67 bits per heavy atom. The van der Waals surface area contributed by atoms with Crippen molar-refractivity contribution in [3.05, 3.63) is 77.4 Å². The number of likely N-dealkylation sites (N-methyl/N-ethyl adjacent to an activating group) is 1. The van der Waals surface area contributed by atoms with E-state index in [0.29, 0.717) is 0 Å². The van der Waals surface area contributed by atoms with Crippen LogP contribution >= 0.6 is 12.2 Å². The summed E-state index contributed by atoms with van der Waals surface area (Å²) < 4.78 is 0. The zero-order valence-corrected chi connectivity index (χ0v) is 13.4. The smallest absolute Gasteiger partial charge is 0.0449 e. The van der Waals surface area contributed by atoms with Gasteiger partial charge in [0.1, 0.15) is 0 Å². The average Bonchev–Trinajstić information content (AvgIpc) is 2.52. The van der Waals surface area contributed by atoms with E-state index in [1.807, 2.05) is 36.4 Å². The molecule has 0 heterocycles. The molecule has 0 atom stereocenters. The summed E-state index contributed by atoms with van der Waals surface area (Å²) in [6, 6.07) is 18.8. The maximum Gasteiger partial charge on any atom is 0.0449 e. The first kappa shape index (κ1) is 15.6. The summed E-state index contributed by atoms with van der Waals surface area (Å²) in [5.74, 6) is 0. The molecule has 0 aliphatic rings. The number of benzene rings is 2. The van der Waals surface area contributed by atoms with E-state index in [1.54, 1.807) is 0 Å². The summed E-state index contributed by atoms with van der Waals surface area (Å²) in [7, 11) is 4.20. The lowest BCUT2D eigenvalue weighted by molar-refractivity contribution is 0.413. The topological polar surface area (TPSA) is 3.24 Å². The van der Waals surface area contributed by atoms with Crippen LogP contribution in [0.3, 0.4) is 0 Å². The summed E-state index contributed by atoms with van der Waals surface area (Å²) in [6.07, 6.45) is 5.16. The molecule has 2 aromatic rings. The quantitative estimate of drug-likeness (QED) is 0.446. The van der Waals surface area contributed by atoms with E-state index >= 15 is 0 Å². The predicted octanol–water partition coefficient (Wildman–Crippen LogP) is 4.22. The van der Waals surface area contributed by atoms with Crippen molar-refractivity contribution in [2.45, 2.75) is 6.42 Å². The standard InChI is InChI=1S/C19H21NS/c1-20(2)15-14-17-10-8-16(9-11-17)12-13-19(21)18-6-4-3-5-7-18/h3-13H,14-15H2,1-2H3. The number of hydrogen-bond donors (Lipinski definition) is 0. The van der Waals surface area contributed by atoms with Crippen LogP contribution in [0.1, 0.15) is 16.7 Å². The lowest BCUT2D eigenvalue weighted by Gasteiger charge is -2.09. The minimum atomic E-state index is 0.868. The number of hydrogen-bond acceptors (Lipinski definition) is 2. The molecule has 0 unspecified atom stereocenters. The summed E-state index contributed by atoms with van der Waals surface area (Å²) in [5.41, 5.74) is 3.64. The van der Waals surface area contributed by atoms with Crippen molar-refractivity contribution in [2.24, 2.45) is 0 Å². The van der Waals surface area contributed by atoms with Crippen molar-refractivity contribution in [1.29, 1.82) is 0 Å². The van der Waals surface area contributed by atoms with Gasteiger partial charge in [-0.3, -0.25) is 0 Å². The first-order chi connectivity index (χ1) is 10.1. The highest BCUT2D eigenvalue weighted by Crippen LogP contribution is 2.09. The predicted molar refractivity (Wildman–Crippen MR) is 95.9 cm³/mol. The Morgan fingerprint density at radius 3 is 2.29 bits per heavy atom. The molecule has 0 saturated heterocycles. The number of thiocarbonyl (C=S) groups is 1. The third kappa shape index (κ3) is 5.25. The number of rotatable bonds is 6. The van der Waals surface area contributed by atoms with Gasteiger partial charge >= 0.3 is 0 Å². The first-order valence-corrected chi connectivity index (χ1v) is 7.57. The minimum Gasteiger partial charge on any atom is -0.309 e. The largest absolute Gasteiger partial charge is 0.309 e. The highest BCUT2D eigenvalue weighted by Gasteiger charge is 1.97. The maximum atomic E-state index is 5.42. The van der Waals surface area contributed by atoms with Crippen molar-refractivity contribution in [3.8, 4) is 0 Å². The van der Waals surface area contributed by atoms with Gasteiger partial charge in [0, 0.05) is 11.4 Å². The van der Waals surface area contributed by atoms with Gasteiger partial charge in [0.15, 0.2) is 0 Å². The van der Waals surface area contributed by atoms with Crippen LogP contribution in [0, 0.1) is 0 Å². The second-order valence-electron chi connectivity index (χ2n) is 5.36. The molecule has 0 saturated carbocycles. The van der Waals surface area contributed by atoms with Crippen LogP contribution in [0.4, 0.5) is 0 Å². The molecule has 0 N–H and O–H groups in total. The summed E-state index contributed by atoms with van der Waals surface area (Å²) >= 11 is 5.42. The van der Waals surface area contributed by atoms with Gasteiger partial charge in [-0.25, -0.2) is 0 Å².